The summed E-state index contributed by atoms with van der Waals surface area (Å²) in [6.45, 7) is 6.76. The minimum atomic E-state index is -0.956. The van der Waals surface area contributed by atoms with Gasteiger partial charge in [0, 0.05) is 18.3 Å². The van der Waals surface area contributed by atoms with Gasteiger partial charge < -0.3 is 28.8 Å². The van der Waals surface area contributed by atoms with Gasteiger partial charge in [0.05, 0.1) is 26.4 Å². The summed E-state index contributed by atoms with van der Waals surface area (Å²) < 4.78 is 30.8. The van der Waals surface area contributed by atoms with Gasteiger partial charge in [0.2, 0.25) is 0 Å². The standard InChI is InChI=1S/C24H34O6/c1-19-6-4-18-16(17(19)5-8-24(19,25)20(2)26-11-12-27-20)3-7-21-15-22(28-13-14-29-22)9-10-23(18,21)30-21/h4,16-17,25H,3,5-15H2,1-2H3/t16?,17?,19-,21?,23+,24+/m0/s1. The van der Waals surface area contributed by atoms with Crippen molar-refractivity contribution in [2.75, 3.05) is 26.4 Å². The first kappa shape index (κ1) is 19.0. The van der Waals surface area contributed by atoms with Crippen molar-refractivity contribution in [3.63, 3.8) is 0 Å². The first-order valence-corrected chi connectivity index (χ1v) is 12.0. The molecule has 0 bridgehead atoms. The van der Waals surface area contributed by atoms with Crippen LogP contribution < -0.4 is 0 Å². The highest BCUT2D eigenvalue weighted by molar-refractivity contribution is 5.43. The Kier molecular flexibility index (Phi) is 3.50. The quantitative estimate of drug-likeness (QED) is 0.521. The Labute approximate surface area is 178 Å². The number of epoxide rings is 1. The normalized spacial score (nSPS) is 54.8. The Morgan fingerprint density at radius 3 is 2.40 bits per heavy atom. The average molecular weight is 419 g/mol. The van der Waals surface area contributed by atoms with Crippen molar-refractivity contribution in [3.8, 4) is 0 Å². The van der Waals surface area contributed by atoms with Gasteiger partial charge in [-0.05, 0) is 62.9 Å². The highest BCUT2D eigenvalue weighted by Gasteiger charge is 2.80. The van der Waals surface area contributed by atoms with Gasteiger partial charge in [-0.15, -0.1) is 0 Å². The molecule has 7 rings (SSSR count). The summed E-state index contributed by atoms with van der Waals surface area (Å²) in [7, 11) is 0. The van der Waals surface area contributed by atoms with Crippen LogP contribution >= 0.6 is 0 Å². The second-order valence-corrected chi connectivity index (χ2v) is 11.3. The molecular weight excluding hydrogens is 384 g/mol. The number of aliphatic hydroxyl groups is 1. The lowest BCUT2D eigenvalue weighted by molar-refractivity contribution is -0.293. The third-order valence-corrected chi connectivity index (χ3v) is 10.4. The number of fused-ring (bicyclic) bond motifs is 3. The van der Waals surface area contributed by atoms with Crippen LogP contribution in [-0.2, 0) is 23.7 Å². The molecule has 6 fully saturated rings. The van der Waals surface area contributed by atoms with Gasteiger partial charge in [-0.25, -0.2) is 0 Å². The minimum absolute atomic E-state index is 0.0930. The maximum Gasteiger partial charge on any atom is 0.195 e. The molecule has 30 heavy (non-hydrogen) atoms. The fourth-order valence-electron chi connectivity index (χ4n) is 8.85. The van der Waals surface area contributed by atoms with Crippen LogP contribution in [0.4, 0.5) is 0 Å². The lowest BCUT2D eigenvalue weighted by Crippen LogP contribution is -2.62. The summed E-state index contributed by atoms with van der Waals surface area (Å²) >= 11 is 0. The summed E-state index contributed by atoms with van der Waals surface area (Å²) in [6.07, 6.45) is 10.0. The summed E-state index contributed by atoms with van der Waals surface area (Å²) in [6, 6.07) is 0. The lowest BCUT2D eigenvalue weighted by atomic mass is 9.52. The highest BCUT2D eigenvalue weighted by atomic mass is 16.8. The molecule has 6 nitrogen and oxygen atoms in total. The van der Waals surface area contributed by atoms with Crippen molar-refractivity contribution in [1.29, 1.82) is 0 Å². The smallest absolute Gasteiger partial charge is 0.195 e. The number of rotatable bonds is 1. The minimum Gasteiger partial charge on any atom is -0.384 e. The third-order valence-electron chi connectivity index (χ3n) is 10.4. The van der Waals surface area contributed by atoms with E-state index >= 15 is 0 Å². The van der Waals surface area contributed by atoms with Crippen LogP contribution in [-0.4, -0.2) is 59.9 Å². The van der Waals surface area contributed by atoms with E-state index in [1.807, 2.05) is 6.92 Å². The third kappa shape index (κ3) is 1.95. The maximum atomic E-state index is 12.0. The molecule has 0 radical (unpaired) electrons. The van der Waals surface area contributed by atoms with E-state index in [1.165, 1.54) is 5.57 Å². The largest absolute Gasteiger partial charge is 0.384 e. The van der Waals surface area contributed by atoms with Crippen LogP contribution in [0.3, 0.4) is 0 Å². The van der Waals surface area contributed by atoms with Gasteiger partial charge >= 0.3 is 0 Å². The first-order valence-electron chi connectivity index (χ1n) is 12.0. The van der Waals surface area contributed by atoms with Crippen LogP contribution in [0.1, 0.15) is 65.2 Å². The number of allylic oxidation sites excluding steroid dienone is 1. The summed E-state index contributed by atoms with van der Waals surface area (Å²) in [5.74, 6) is -0.379. The molecule has 3 heterocycles. The molecule has 0 aromatic heterocycles. The van der Waals surface area contributed by atoms with Crippen LogP contribution in [0.5, 0.6) is 0 Å². The molecule has 3 saturated carbocycles. The van der Waals surface area contributed by atoms with Crippen molar-refractivity contribution in [2.45, 2.75) is 93.6 Å². The van der Waals surface area contributed by atoms with E-state index in [1.54, 1.807) is 0 Å². The Morgan fingerprint density at radius 2 is 1.63 bits per heavy atom. The number of hydrogen-bond acceptors (Lipinski definition) is 6. The van der Waals surface area contributed by atoms with Crippen molar-refractivity contribution in [2.24, 2.45) is 17.3 Å². The average Bonchev–Trinajstić information content (AvgIpc) is 3.04. The van der Waals surface area contributed by atoms with E-state index in [9.17, 15) is 5.11 Å². The fraction of sp³-hybridized carbons (Fsp3) is 0.917. The molecular formula is C24H34O6. The summed E-state index contributed by atoms with van der Waals surface area (Å²) in [5.41, 5.74) is 0.126. The molecule has 0 aromatic rings. The predicted octanol–water partition coefficient (Wildman–Crippen LogP) is 3.07. The zero-order valence-electron chi connectivity index (χ0n) is 18.2. The molecule has 3 saturated heterocycles. The van der Waals surface area contributed by atoms with Gasteiger partial charge in [0.1, 0.15) is 16.8 Å². The summed E-state index contributed by atoms with van der Waals surface area (Å²) in [5, 5.41) is 12.0. The Morgan fingerprint density at radius 1 is 0.900 bits per heavy atom. The van der Waals surface area contributed by atoms with Crippen molar-refractivity contribution < 1.29 is 28.8 Å². The highest BCUT2D eigenvalue weighted by Crippen LogP contribution is 2.74. The molecule has 3 unspecified atom stereocenters. The zero-order valence-corrected chi connectivity index (χ0v) is 18.2. The molecule has 0 amide bonds. The Hall–Kier alpha value is -0.500. The van der Waals surface area contributed by atoms with Gasteiger partial charge in [-0.1, -0.05) is 13.0 Å². The molecule has 6 atom stereocenters. The van der Waals surface area contributed by atoms with Crippen LogP contribution in [0, 0.1) is 17.3 Å². The Bertz CT molecular complexity index is 813. The Balaban J connectivity index is 1.23. The number of ether oxygens (including phenoxy) is 5. The second-order valence-electron chi connectivity index (χ2n) is 11.3. The molecule has 1 N–H and O–H groups in total. The number of hydrogen-bond donors (Lipinski definition) is 1. The lowest BCUT2D eigenvalue weighted by Gasteiger charge is -2.55. The molecule has 6 heteroatoms. The molecule has 1 spiro atoms. The summed E-state index contributed by atoms with van der Waals surface area (Å²) in [4.78, 5) is 0. The van der Waals surface area contributed by atoms with Gasteiger partial charge in [0.15, 0.2) is 11.6 Å². The predicted molar refractivity (Wildman–Crippen MR) is 107 cm³/mol. The maximum absolute atomic E-state index is 12.0. The van der Waals surface area contributed by atoms with Crippen LogP contribution in [0.2, 0.25) is 0 Å². The second kappa shape index (κ2) is 5.52. The van der Waals surface area contributed by atoms with E-state index in [0.717, 1.165) is 51.4 Å². The van der Waals surface area contributed by atoms with Crippen LogP contribution in [0.25, 0.3) is 0 Å². The molecule has 166 valence electrons. The zero-order chi connectivity index (χ0) is 20.5. The molecule has 0 aromatic carbocycles. The van der Waals surface area contributed by atoms with E-state index in [0.29, 0.717) is 38.3 Å². The van der Waals surface area contributed by atoms with Gasteiger partial charge in [0.25, 0.3) is 0 Å². The molecule has 4 aliphatic carbocycles. The van der Waals surface area contributed by atoms with Gasteiger partial charge in [-0.3, -0.25) is 0 Å². The first-order chi connectivity index (χ1) is 14.3. The van der Waals surface area contributed by atoms with Crippen molar-refractivity contribution in [1.82, 2.24) is 0 Å². The SMILES string of the molecule is CC1([C@@]2(O)CCC3C4CCC56CC7(CC[C@@]5(O6)C4=CC[C@@]32C)OCCO7)OCCO1. The van der Waals surface area contributed by atoms with Crippen molar-refractivity contribution >= 4 is 0 Å². The fourth-order valence-corrected chi connectivity index (χ4v) is 8.85. The van der Waals surface area contributed by atoms with Gasteiger partial charge in [-0.2, -0.15) is 0 Å². The monoisotopic (exact) mass is 418 g/mol. The van der Waals surface area contributed by atoms with E-state index in [2.05, 4.69) is 13.0 Å². The van der Waals surface area contributed by atoms with Crippen molar-refractivity contribution in [3.05, 3.63) is 11.6 Å². The van der Waals surface area contributed by atoms with E-state index < -0.39 is 17.2 Å². The van der Waals surface area contributed by atoms with Crippen LogP contribution in [0.15, 0.2) is 11.6 Å². The molecule has 3 aliphatic heterocycles. The topological polar surface area (TPSA) is 69.7 Å². The molecule has 7 aliphatic rings. The van der Waals surface area contributed by atoms with E-state index in [4.69, 9.17) is 23.7 Å². The van der Waals surface area contributed by atoms with E-state index in [-0.39, 0.29) is 16.6 Å².